The van der Waals surface area contributed by atoms with Gasteiger partial charge in [0.25, 0.3) is 0 Å². The van der Waals surface area contributed by atoms with Gasteiger partial charge in [-0.05, 0) is 5.56 Å². The van der Waals surface area contributed by atoms with Gasteiger partial charge in [-0.15, -0.1) is 0 Å². The number of methoxy groups -OCH3 is 1. The van der Waals surface area contributed by atoms with Crippen LogP contribution in [0.5, 0.6) is 0 Å². The minimum Gasteiger partial charge on any atom is -0.468 e. The van der Waals surface area contributed by atoms with Gasteiger partial charge in [0.1, 0.15) is 12.1 Å². The molecule has 1 rings (SSSR count). The first-order valence-corrected chi connectivity index (χ1v) is 5.65. The number of aliphatic hydroxyl groups excluding tert-OH is 1. The van der Waals surface area contributed by atoms with Crippen molar-refractivity contribution in [3.63, 3.8) is 0 Å². The maximum absolute atomic E-state index is 11.4. The van der Waals surface area contributed by atoms with Gasteiger partial charge in [0.2, 0.25) is 0 Å². The molecule has 2 atom stereocenters. The molecule has 0 saturated heterocycles. The van der Waals surface area contributed by atoms with Crippen LogP contribution in [0.2, 0.25) is 0 Å². The summed E-state index contributed by atoms with van der Waals surface area (Å²) in [5.41, 5.74) is 6.58. The predicted molar refractivity (Wildman–Crippen MR) is 66.0 cm³/mol. The zero-order valence-corrected chi connectivity index (χ0v) is 10.4. The number of esters is 1. The van der Waals surface area contributed by atoms with Gasteiger partial charge in [-0.25, -0.2) is 0 Å². The van der Waals surface area contributed by atoms with Crippen LogP contribution in [-0.2, 0) is 9.53 Å². The second-order valence-electron chi connectivity index (χ2n) is 3.89. The van der Waals surface area contributed by atoms with E-state index in [1.54, 1.807) is 31.2 Å². The molecule has 0 aliphatic heterocycles. The van der Waals surface area contributed by atoms with Gasteiger partial charge >= 0.3 is 5.97 Å². The monoisotopic (exact) mass is 251 g/mol. The Bertz CT molecular complexity index is 427. The number of rotatable bonds is 5. The van der Waals surface area contributed by atoms with Crippen LogP contribution in [0.4, 0.5) is 0 Å². The number of hydrogen-bond acceptors (Lipinski definition) is 5. The quantitative estimate of drug-likeness (QED) is 0.597. The molecule has 0 radical (unpaired) electrons. The summed E-state index contributed by atoms with van der Waals surface area (Å²) in [5.74, 6) is -0.662. The highest BCUT2D eigenvalue weighted by Gasteiger charge is 2.24. The van der Waals surface area contributed by atoms with E-state index in [9.17, 15) is 14.7 Å². The molecule has 0 aliphatic rings. The van der Waals surface area contributed by atoms with E-state index in [0.29, 0.717) is 17.5 Å². The number of ether oxygens (including phenoxy) is 1. The summed E-state index contributed by atoms with van der Waals surface area (Å²) in [6.45, 7) is 1.78. The van der Waals surface area contributed by atoms with Crippen molar-refractivity contribution in [2.45, 2.75) is 25.5 Å². The van der Waals surface area contributed by atoms with E-state index in [-0.39, 0.29) is 5.78 Å². The smallest absolute Gasteiger partial charge is 0.325 e. The van der Waals surface area contributed by atoms with Crippen LogP contribution in [0, 0.1) is 0 Å². The first-order valence-electron chi connectivity index (χ1n) is 5.65. The number of benzene rings is 1. The summed E-state index contributed by atoms with van der Waals surface area (Å²) in [6, 6.07) is 5.23. The first-order chi connectivity index (χ1) is 8.51. The zero-order valence-electron chi connectivity index (χ0n) is 10.4. The van der Waals surface area contributed by atoms with Gasteiger partial charge in [-0.3, -0.25) is 9.59 Å². The standard InChI is InChI=1S/C13H17NO4/c1-3-10(15)8-4-6-9(7-5-8)12(16)11(14)13(17)18-2/h4-7,11-12,16H,3,14H2,1-2H3/t11-,12+/m0/s1. The summed E-state index contributed by atoms with van der Waals surface area (Å²) < 4.78 is 4.46. The third-order valence-corrected chi connectivity index (χ3v) is 2.71. The fourth-order valence-electron chi connectivity index (χ4n) is 1.54. The number of carbonyl (C=O) groups is 2. The predicted octanol–water partition coefficient (Wildman–Crippen LogP) is 0.813. The number of aliphatic hydroxyl groups is 1. The molecule has 1 aromatic carbocycles. The Labute approximate surface area is 106 Å². The fourth-order valence-corrected chi connectivity index (χ4v) is 1.54. The molecule has 0 spiro atoms. The molecule has 98 valence electrons. The highest BCUT2D eigenvalue weighted by molar-refractivity contribution is 5.95. The third-order valence-electron chi connectivity index (χ3n) is 2.71. The van der Waals surface area contributed by atoms with E-state index in [0.717, 1.165) is 0 Å². The van der Waals surface area contributed by atoms with E-state index in [1.165, 1.54) is 7.11 Å². The van der Waals surface area contributed by atoms with Gasteiger partial charge in [-0.1, -0.05) is 31.2 Å². The molecular formula is C13H17NO4. The highest BCUT2D eigenvalue weighted by Crippen LogP contribution is 2.17. The van der Waals surface area contributed by atoms with Crippen LogP contribution in [0.25, 0.3) is 0 Å². The molecule has 5 nitrogen and oxygen atoms in total. The van der Waals surface area contributed by atoms with Crippen molar-refractivity contribution in [2.75, 3.05) is 7.11 Å². The van der Waals surface area contributed by atoms with E-state index >= 15 is 0 Å². The SMILES string of the molecule is CCC(=O)c1ccc([C@@H](O)[C@H](N)C(=O)OC)cc1. The Morgan fingerprint density at radius 2 is 1.89 bits per heavy atom. The normalized spacial score (nSPS) is 13.8. The first kappa shape index (κ1) is 14.3. The largest absolute Gasteiger partial charge is 0.468 e. The second kappa shape index (κ2) is 6.28. The Morgan fingerprint density at radius 1 is 1.33 bits per heavy atom. The summed E-state index contributed by atoms with van der Waals surface area (Å²) in [7, 11) is 1.21. The van der Waals surface area contributed by atoms with Gasteiger partial charge < -0.3 is 15.6 Å². The average molecular weight is 251 g/mol. The molecule has 3 N–H and O–H groups in total. The Kier molecular flexibility index (Phi) is 5.00. The molecule has 0 fully saturated rings. The van der Waals surface area contributed by atoms with E-state index in [1.807, 2.05) is 0 Å². The Balaban J connectivity index is 2.85. The molecule has 1 aromatic rings. The topological polar surface area (TPSA) is 89.6 Å². The van der Waals surface area contributed by atoms with Gasteiger partial charge in [0.05, 0.1) is 7.11 Å². The van der Waals surface area contributed by atoms with Crippen LogP contribution < -0.4 is 5.73 Å². The maximum atomic E-state index is 11.4. The van der Waals surface area contributed by atoms with Crippen LogP contribution in [-0.4, -0.2) is 30.0 Å². The van der Waals surface area contributed by atoms with Crippen molar-refractivity contribution in [2.24, 2.45) is 5.73 Å². The minimum atomic E-state index is -1.15. The van der Waals surface area contributed by atoms with Crippen molar-refractivity contribution < 1.29 is 19.4 Å². The van der Waals surface area contributed by atoms with Gasteiger partial charge in [-0.2, -0.15) is 0 Å². The molecule has 0 heterocycles. The minimum absolute atomic E-state index is 0.0216. The van der Waals surface area contributed by atoms with Crippen LogP contribution in [0.3, 0.4) is 0 Å². The van der Waals surface area contributed by atoms with Crippen LogP contribution in [0.1, 0.15) is 35.4 Å². The Hall–Kier alpha value is -1.72. The molecule has 0 bridgehead atoms. The third kappa shape index (κ3) is 3.15. The lowest BCUT2D eigenvalue weighted by atomic mass is 10.00. The summed E-state index contributed by atoms with van der Waals surface area (Å²) in [6.07, 6.45) is -0.730. The lowest BCUT2D eigenvalue weighted by Gasteiger charge is -2.17. The summed E-state index contributed by atoms with van der Waals surface area (Å²) >= 11 is 0. The van der Waals surface area contributed by atoms with Crippen LogP contribution >= 0.6 is 0 Å². The number of hydrogen-bond donors (Lipinski definition) is 2. The molecule has 0 aromatic heterocycles. The van der Waals surface area contributed by atoms with Crippen molar-refractivity contribution >= 4 is 11.8 Å². The maximum Gasteiger partial charge on any atom is 0.325 e. The summed E-state index contributed by atoms with van der Waals surface area (Å²) in [5, 5.41) is 9.87. The second-order valence-corrected chi connectivity index (χ2v) is 3.89. The van der Waals surface area contributed by atoms with E-state index in [2.05, 4.69) is 4.74 Å². The van der Waals surface area contributed by atoms with Gasteiger partial charge in [0, 0.05) is 12.0 Å². The van der Waals surface area contributed by atoms with Gasteiger partial charge in [0.15, 0.2) is 5.78 Å². The Morgan fingerprint density at radius 3 is 2.33 bits per heavy atom. The zero-order chi connectivity index (χ0) is 13.7. The van der Waals surface area contributed by atoms with Crippen molar-refractivity contribution in [3.05, 3.63) is 35.4 Å². The van der Waals surface area contributed by atoms with Crippen molar-refractivity contribution in [3.8, 4) is 0 Å². The molecule has 0 saturated carbocycles. The van der Waals surface area contributed by atoms with E-state index < -0.39 is 18.1 Å². The number of ketones is 1. The lowest BCUT2D eigenvalue weighted by Crippen LogP contribution is -2.37. The molecule has 18 heavy (non-hydrogen) atoms. The van der Waals surface area contributed by atoms with Crippen molar-refractivity contribution in [1.82, 2.24) is 0 Å². The number of nitrogens with two attached hydrogens (primary N) is 1. The van der Waals surface area contributed by atoms with Crippen LogP contribution in [0.15, 0.2) is 24.3 Å². The number of Topliss-reactive ketones (excluding diaryl/α,β-unsaturated/α-hetero) is 1. The number of carbonyl (C=O) groups excluding carboxylic acids is 2. The summed E-state index contributed by atoms with van der Waals surface area (Å²) in [4.78, 5) is 22.6. The van der Waals surface area contributed by atoms with E-state index in [4.69, 9.17) is 5.73 Å². The average Bonchev–Trinajstić information content (AvgIpc) is 2.44. The molecule has 0 aliphatic carbocycles. The molecular weight excluding hydrogens is 234 g/mol. The lowest BCUT2D eigenvalue weighted by molar-refractivity contribution is -0.145. The fraction of sp³-hybridized carbons (Fsp3) is 0.385. The molecule has 0 amide bonds. The molecule has 5 heteroatoms. The van der Waals surface area contributed by atoms with Crippen molar-refractivity contribution in [1.29, 1.82) is 0 Å². The highest BCUT2D eigenvalue weighted by atomic mass is 16.5. The molecule has 0 unspecified atom stereocenters.